The molecule has 0 fully saturated rings. The highest BCUT2D eigenvalue weighted by Crippen LogP contribution is 2.18. The quantitative estimate of drug-likeness (QED) is 0.871. The Morgan fingerprint density at radius 3 is 2.44 bits per heavy atom. The molecule has 0 radical (unpaired) electrons. The van der Waals surface area contributed by atoms with Crippen molar-refractivity contribution in [1.29, 1.82) is 0 Å². The van der Waals surface area contributed by atoms with Crippen LogP contribution in [0, 0.1) is 0 Å². The van der Waals surface area contributed by atoms with Crippen LogP contribution in [0.5, 0.6) is 0 Å². The van der Waals surface area contributed by atoms with E-state index >= 15 is 0 Å². The zero-order valence-corrected chi connectivity index (χ0v) is 10.2. The Hall–Kier alpha value is -1.67. The van der Waals surface area contributed by atoms with E-state index in [2.05, 4.69) is 15.5 Å². The molecule has 0 atom stereocenters. The maximum absolute atomic E-state index is 11.9. The van der Waals surface area contributed by atoms with Crippen molar-refractivity contribution in [3.8, 4) is 0 Å². The van der Waals surface area contributed by atoms with Gasteiger partial charge in [0.15, 0.2) is 5.82 Å². The zero-order valence-electron chi connectivity index (χ0n) is 10.2. The van der Waals surface area contributed by atoms with Crippen LogP contribution in [0.3, 0.4) is 0 Å². The third-order valence-electron chi connectivity index (χ3n) is 1.98. The van der Waals surface area contributed by atoms with Crippen LogP contribution in [0.15, 0.2) is 0 Å². The van der Waals surface area contributed by atoms with Crippen molar-refractivity contribution in [2.75, 3.05) is 6.54 Å². The molecule has 6 nitrogen and oxygen atoms in total. The molecule has 0 unspecified atom stereocenters. The van der Waals surface area contributed by atoms with Crippen LogP contribution in [0.4, 0.5) is 13.2 Å². The molecule has 1 aromatic rings. The molecule has 0 saturated heterocycles. The van der Waals surface area contributed by atoms with Crippen molar-refractivity contribution >= 4 is 5.91 Å². The fourth-order valence-electron chi connectivity index (χ4n) is 1.24. The molecule has 9 heteroatoms. The lowest BCUT2D eigenvalue weighted by molar-refractivity contribution is -0.138. The number of hydrogen-bond acceptors (Lipinski definition) is 4. The van der Waals surface area contributed by atoms with Crippen LogP contribution in [-0.4, -0.2) is 38.8 Å². The predicted octanol–water partition coefficient (Wildman–Crippen LogP) is 0.649. The number of rotatable bonds is 3. The fourth-order valence-corrected chi connectivity index (χ4v) is 1.24. The summed E-state index contributed by atoms with van der Waals surface area (Å²) in [5.41, 5.74) is -0.395. The topological polar surface area (TPSA) is 72.7 Å². The standard InChI is InChI=1S/C9H14F3N5O/c1-8(2,3)7-14-15-16-17(7)4-6(18)13-5-9(10,11)12/h4-5H2,1-3H3,(H,13,18). The van der Waals surface area contributed by atoms with E-state index in [1.165, 1.54) is 4.68 Å². The normalized spacial score (nSPS) is 12.6. The Morgan fingerprint density at radius 2 is 1.94 bits per heavy atom. The lowest BCUT2D eigenvalue weighted by Gasteiger charge is -2.17. The van der Waals surface area contributed by atoms with E-state index in [0.717, 1.165) is 0 Å². The van der Waals surface area contributed by atoms with Crippen LogP contribution >= 0.6 is 0 Å². The van der Waals surface area contributed by atoms with Crippen molar-refractivity contribution in [3.05, 3.63) is 5.82 Å². The molecular formula is C9H14F3N5O. The fraction of sp³-hybridized carbons (Fsp3) is 0.778. The van der Waals surface area contributed by atoms with Crippen molar-refractivity contribution in [1.82, 2.24) is 25.5 Å². The number of tetrazole rings is 1. The van der Waals surface area contributed by atoms with Gasteiger partial charge in [0.25, 0.3) is 0 Å². The maximum atomic E-state index is 11.9. The molecule has 0 aliphatic carbocycles. The van der Waals surface area contributed by atoms with Gasteiger partial charge in [-0.2, -0.15) is 13.2 Å². The molecule has 0 aliphatic heterocycles. The number of aromatic nitrogens is 4. The first kappa shape index (κ1) is 14.4. The molecular weight excluding hydrogens is 251 g/mol. The second kappa shape index (κ2) is 4.91. The van der Waals surface area contributed by atoms with Gasteiger partial charge in [-0.25, -0.2) is 4.68 Å². The van der Waals surface area contributed by atoms with Gasteiger partial charge in [0.2, 0.25) is 5.91 Å². The summed E-state index contributed by atoms with van der Waals surface area (Å²) in [6.07, 6.45) is -4.43. The first-order chi connectivity index (χ1) is 8.09. The van der Waals surface area contributed by atoms with Crippen LogP contribution in [0.25, 0.3) is 0 Å². The monoisotopic (exact) mass is 265 g/mol. The molecule has 1 amide bonds. The third kappa shape index (κ3) is 4.30. The summed E-state index contributed by atoms with van der Waals surface area (Å²) >= 11 is 0. The van der Waals surface area contributed by atoms with E-state index in [0.29, 0.717) is 5.82 Å². The highest BCUT2D eigenvalue weighted by atomic mass is 19.4. The largest absolute Gasteiger partial charge is 0.405 e. The summed E-state index contributed by atoms with van der Waals surface area (Å²) in [5.74, 6) is -0.352. The minimum atomic E-state index is -4.43. The predicted molar refractivity (Wildman–Crippen MR) is 55.6 cm³/mol. The second-order valence-corrected chi connectivity index (χ2v) is 4.80. The molecule has 1 rings (SSSR count). The van der Waals surface area contributed by atoms with Gasteiger partial charge in [-0.15, -0.1) is 5.10 Å². The van der Waals surface area contributed by atoms with E-state index in [9.17, 15) is 18.0 Å². The Labute approximate surface area is 102 Å². The maximum Gasteiger partial charge on any atom is 0.405 e. The van der Waals surface area contributed by atoms with Crippen molar-refractivity contribution in [3.63, 3.8) is 0 Å². The first-order valence-electron chi connectivity index (χ1n) is 5.20. The van der Waals surface area contributed by atoms with Gasteiger partial charge in [-0.1, -0.05) is 20.8 Å². The van der Waals surface area contributed by atoms with Crippen LogP contribution in [0.2, 0.25) is 0 Å². The molecule has 1 aromatic heterocycles. The Kier molecular flexibility index (Phi) is 3.92. The van der Waals surface area contributed by atoms with Gasteiger partial charge in [-0.05, 0) is 10.4 Å². The number of hydrogen-bond donors (Lipinski definition) is 1. The molecule has 102 valence electrons. The van der Waals surface area contributed by atoms with Crippen molar-refractivity contribution < 1.29 is 18.0 Å². The number of nitrogens with one attached hydrogen (secondary N) is 1. The second-order valence-electron chi connectivity index (χ2n) is 4.80. The molecule has 1 N–H and O–H groups in total. The van der Waals surface area contributed by atoms with Crippen molar-refractivity contribution in [2.45, 2.75) is 38.9 Å². The van der Waals surface area contributed by atoms with Gasteiger partial charge in [0.05, 0.1) is 0 Å². The summed E-state index contributed by atoms with van der Waals surface area (Å²) in [5, 5.41) is 12.5. The van der Waals surface area contributed by atoms with Crippen LogP contribution in [-0.2, 0) is 16.8 Å². The number of carbonyl (C=O) groups is 1. The molecule has 0 aromatic carbocycles. The SMILES string of the molecule is CC(C)(C)c1nnnn1CC(=O)NCC(F)(F)F. The Bertz CT molecular complexity index is 421. The minimum absolute atomic E-state index is 0.338. The van der Waals surface area contributed by atoms with E-state index in [1.54, 1.807) is 5.32 Å². The summed E-state index contributed by atoms with van der Waals surface area (Å²) < 4.78 is 36.9. The van der Waals surface area contributed by atoms with E-state index < -0.39 is 24.0 Å². The third-order valence-corrected chi connectivity index (χ3v) is 1.98. The van der Waals surface area contributed by atoms with Gasteiger partial charge < -0.3 is 5.32 Å². The first-order valence-corrected chi connectivity index (χ1v) is 5.20. The van der Waals surface area contributed by atoms with Gasteiger partial charge in [-0.3, -0.25) is 4.79 Å². The molecule has 1 heterocycles. The Morgan fingerprint density at radius 1 is 1.33 bits per heavy atom. The summed E-state index contributed by atoms with van der Waals surface area (Å²) in [6, 6.07) is 0. The van der Waals surface area contributed by atoms with Gasteiger partial charge in [0, 0.05) is 5.41 Å². The number of halogens is 3. The Balaban J connectivity index is 2.63. The summed E-state index contributed by atoms with van der Waals surface area (Å²) in [6.45, 7) is 3.81. The summed E-state index contributed by atoms with van der Waals surface area (Å²) in [7, 11) is 0. The van der Waals surface area contributed by atoms with Crippen LogP contribution < -0.4 is 5.32 Å². The molecule has 0 aliphatic rings. The highest BCUT2D eigenvalue weighted by Gasteiger charge is 2.28. The zero-order chi connectivity index (χ0) is 14.0. The number of alkyl halides is 3. The molecule has 0 saturated carbocycles. The molecule has 0 spiro atoms. The van der Waals surface area contributed by atoms with E-state index in [-0.39, 0.29) is 6.54 Å². The van der Waals surface area contributed by atoms with E-state index in [4.69, 9.17) is 0 Å². The lowest BCUT2D eigenvalue weighted by atomic mass is 9.96. The highest BCUT2D eigenvalue weighted by molar-refractivity contribution is 5.75. The smallest absolute Gasteiger partial charge is 0.345 e. The number of amides is 1. The molecule has 0 bridgehead atoms. The average Bonchev–Trinajstić information content (AvgIpc) is 2.61. The van der Waals surface area contributed by atoms with E-state index in [1.807, 2.05) is 20.8 Å². The molecule has 18 heavy (non-hydrogen) atoms. The number of nitrogens with zero attached hydrogens (tertiary/aromatic N) is 4. The lowest BCUT2D eigenvalue weighted by Crippen LogP contribution is -2.36. The van der Waals surface area contributed by atoms with Crippen molar-refractivity contribution in [2.24, 2.45) is 0 Å². The minimum Gasteiger partial charge on any atom is -0.345 e. The van der Waals surface area contributed by atoms with Crippen LogP contribution in [0.1, 0.15) is 26.6 Å². The average molecular weight is 265 g/mol. The number of carbonyl (C=O) groups excluding carboxylic acids is 1. The summed E-state index contributed by atoms with van der Waals surface area (Å²) in [4.78, 5) is 11.3. The van der Waals surface area contributed by atoms with Gasteiger partial charge >= 0.3 is 6.18 Å². The van der Waals surface area contributed by atoms with Gasteiger partial charge in [0.1, 0.15) is 13.1 Å².